The summed E-state index contributed by atoms with van der Waals surface area (Å²) in [6.07, 6.45) is 1.38. The van der Waals surface area contributed by atoms with Crippen LogP contribution in [0.25, 0.3) is 0 Å². The Labute approximate surface area is 104 Å². The van der Waals surface area contributed by atoms with Crippen molar-refractivity contribution < 1.29 is 8.42 Å². The lowest BCUT2D eigenvalue weighted by molar-refractivity contribution is 0.00579. The van der Waals surface area contributed by atoms with Crippen LogP contribution < -0.4 is 5.14 Å². The average molecular weight is 261 g/mol. The van der Waals surface area contributed by atoms with Gasteiger partial charge in [0.1, 0.15) is 0 Å². The van der Waals surface area contributed by atoms with Crippen molar-refractivity contribution in [2.24, 2.45) is 5.14 Å². The van der Waals surface area contributed by atoms with Gasteiger partial charge in [-0.2, -0.15) is 0 Å². The lowest BCUT2D eigenvalue weighted by Gasteiger charge is -2.49. The van der Waals surface area contributed by atoms with Crippen molar-refractivity contribution >= 4 is 10.0 Å². The zero-order chi connectivity index (χ0) is 12.6. The van der Waals surface area contributed by atoms with Crippen LogP contribution in [0.2, 0.25) is 0 Å². The van der Waals surface area contributed by atoms with Crippen LogP contribution in [0.4, 0.5) is 0 Å². The summed E-state index contributed by atoms with van der Waals surface area (Å²) in [6, 6.07) is 1.24. The molecule has 2 heterocycles. The molecule has 0 radical (unpaired) electrons. The molecule has 6 heteroatoms. The molecular formula is C11H23N3O2S. The van der Waals surface area contributed by atoms with E-state index in [9.17, 15) is 8.42 Å². The van der Waals surface area contributed by atoms with Gasteiger partial charge in [0.05, 0.1) is 5.25 Å². The van der Waals surface area contributed by atoms with Gasteiger partial charge in [0, 0.05) is 25.2 Å². The number of primary sulfonamides is 1. The standard InChI is InChI=1S/C11H23N3O2S/c1-9(2)14-7-10(8-14)13-5-3-11(4-6-13)17(12,15)16/h9-11H,3-8H2,1-2H3,(H2,12,15,16). The number of piperidine rings is 1. The Morgan fingerprint density at radius 1 is 1.18 bits per heavy atom. The molecule has 5 nitrogen and oxygen atoms in total. The highest BCUT2D eigenvalue weighted by Gasteiger charge is 2.36. The number of likely N-dealkylation sites (tertiary alicyclic amines) is 2. The highest BCUT2D eigenvalue weighted by molar-refractivity contribution is 7.89. The Morgan fingerprint density at radius 3 is 2.12 bits per heavy atom. The summed E-state index contributed by atoms with van der Waals surface area (Å²) in [5.41, 5.74) is 0. The van der Waals surface area contributed by atoms with E-state index in [1.165, 1.54) is 0 Å². The van der Waals surface area contributed by atoms with Gasteiger partial charge in [-0.25, -0.2) is 13.6 Å². The van der Waals surface area contributed by atoms with Crippen molar-refractivity contribution in [2.45, 2.75) is 44.0 Å². The van der Waals surface area contributed by atoms with Crippen molar-refractivity contribution in [3.63, 3.8) is 0 Å². The molecule has 0 saturated carbocycles. The molecule has 0 bridgehead atoms. The van der Waals surface area contributed by atoms with Crippen molar-refractivity contribution in [3.8, 4) is 0 Å². The maximum Gasteiger partial charge on any atom is 0.212 e. The molecule has 100 valence electrons. The number of hydrogen-bond donors (Lipinski definition) is 1. The smallest absolute Gasteiger partial charge is 0.212 e. The first kappa shape index (κ1) is 13.3. The lowest BCUT2D eigenvalue weighted by Crippen LogP contribution is -2.62. The van der Waals surface area contributed by atoms with Crippen molar-refractivity contribution in [1.82, 2.24) is 9.80 Å². The summed E-state index contributed by atoms with van der Waals surface area (Å²) in [5, 5.41) is 4.87. The minimum atomic E-state index is -3.33. The van der Waals surface area contributed by atoms with Crippen LogP contribution in [0.3, 0.4) is 0 Å². The second kappa shape index (κ2) is 4.84. The van der Waals surface area contributed by atoms with Crippen LogP contribution >= 0.6 is 0 Å². The largest absolute Gasteiger partial charge is 0.298 e. The molecule has 0 amide bonds. The van der Waals surface area contributed by atoms with Gasteiger partial charge in [-0.1, -0.05) is 0 Å². The molecule has 2 fully saturated rings. The highest BCUT2D eigenvalue weighted by atomic mass is 32.2. The minimum Gasteiger partial charge on any atom is -0.298 e. The quantitative estimate of drug-likeness (QED) is 0.766. The molecule has 2 aliphatic rings. The molecular weight excluding hydrogens is 238 g/mol. The number of nitrogens with two attached hydrogens (primary N) is 1. The first-order valence-electron chi connectivity index (χ1n) is 6.37. The van der Waals surface area contributed by atoms with Gasteiger partial charge in [0.15, 0.2) is 0 Å². The van der Waals surface area contributed by atoms with Crippen LogP contribution in [-0.4, -0.2) is 61.7 Å². The predicted octanol–water partition coefficient (Wildman–Crippen LogP) is -0.168. The summed E-state index contributed by atoms with van der Waals surface area (Å²) in [5.74, 6) is 0. The van der Waals surface area contributed by atoms with Gasteiger partial charge in [0.25, 0.3) is 0 Å². The van der Waals surface area contributed by atoms with E-state index in [0.29, 0.717) is 24.9 Å². The molecule has 2 rings (SSSR count). The van der Waals surface area contributed by atoms with E-state index in [4.69, 9.17) is 5.14 Å². The maximum absolute atomic E-state index is 11.2. The van der Waals surface area contributed by atoms with Crippen LogP contribution in [0.5, 0.6) is 0 Å². The fourth-order valence-electron chi connectivity index (χ4n) is 2.71. The average Bonchev–Trinajstić information content (AvgIpc) is 2.14. The number of sulfonamides is 1. The third-order valence-corrected chi connectivity index (χ3v) is 5.48. The summed E-state index contributed by atoms with van der Waals surface area (Å²) in [4.78, 5) is 4.86. The normalized spacial score (nSPS) is 26.4. The van der Waals surface area contributed by atoms with E-state index in [2.05, 4.69) is 23.6 Å². The molecule has 0 aromatic carbocycles. The maximum atomic E-state index is 11.2. The lowest BCUT2D eigenvalue weighted by atomic mass is 10.0. The SMILES string of the molecule is CC(C)N1CC(N2CCC(S(N)(=O)=O)CC2)C1. The van der Waals surface area contributed by atoms with Gasteiger partial charge >= 0.3 is 0 Å². The molecule has 2 N–H and O–H groups in total. The van der Waals surface area contributed by atoms with E-state index >= 15 is 0 Å². The van der Waals surface area contributed by atoms with Crippen LogP contribution in [0.15, 0.2) is 0 Å². The molecule has 0 atom stereocenters. The number of rotatable bonds is 3. The van der Waals surface area contributed by atoms with Crippen molar-refractivity contribution in [1.29, 1.82) is 0 Å². The van der Waals surface area contributed by atoms with Gasteiger partial charge in [-0.05, 0) is 39.8 Å². The molecule has 2 saturated heterocycles. The molecule has 17 heavy (non-hydrogen) atoms. The summed E-state index contributed by atoms with van der Waals surface area (Å²) < 4.78 is 22.5. The summed E-state index contributed by atoms with van der Waals surface area (Å²) >= 11 is 0. The highest BCUT2D eigenvalue weighted by Crippen LogP contribution is 2.23. The van der Waals surface area contributed by atoms with Crippen LogP contribution in [0.1, 0.15) is 26.7 Å². The molecule has 0 spiro atoms. The van der Waals surface area contributed by atoms with Crippen LogP contribution in [-0.2, 0) is 10.0 Å². The molecule has 2 aliphatic heterocycles. The van der Waals surface area contributed by atoms with Gasteiger partial charge in [0.2, 0.25) is 10.0 Å². The monoisotopic (exact) mass is 261 g/mol. The Hall–Kier alpha value is -0.170. The number of nitrogens with zero attached hydrogens (tertiary/aromatic N) is 2. The van der Waals surface area contributed by atoms with E-state index in [1.54, 1.807) is 0 Å². The van der Waals surface area contributed by atoms with Crippen molar-refractivity contribution in [3.05, 3.63) is 0 Å². The first-order chi connectivity index (χ1) is 7.88. The molecule has 0 aliphatic carbocycles. The summed E-state index contributed by atoms with van der Waals surface area (Å²) in [7, 11) is -3.33. The van der Waals surface area contributed by atoms with Crippen LogP contribution in [0, 0.1) is 0 Å². The zero-order valence-electron chi connectivity index (χ0n) is 10.7. The minimum absolute atomic E-state index is 0.319. The first-order valence-corrected chi connectivity index (χ1v) is 7.98. The topological polar surface area (TPSA) is 66.6 Å². The molecule has 0 unspecified atom stereocenters. The Balaban J connectivity index is 1.78. The Morgan fingerprint density at radius 2 is 1.71 bits per heavy atom. The Kier molecular flexibility index (Phi) is 3.77. The second-order valence-corrected chi connectivity index (χ2v) is 7.37. The van der Waals surface area contributed by atoms with Gasteiger partial charge in [-0.3, -0.25) is 9.80 Å². The molecule has 0 aromatic heterocycles. The summed E-state index contributed by atoms with van der Waals surface area (Å²) in [6.45, 7) is 8.41. The fourth-order valence-corrected chi connectivity index (χ4v) is 3.58. The van der Waals surface area contributed by atoms with Gasteiger partial charge < -0.3 is 0 Å². The third kappa shape index (κ3) is 2.99. The Bertz CT molecular complexity index is 355. The van der Waals surface area contributed by atoms with E-state index in [0.717, 1.165) is 26.2 Å². The third-order valence-electron chi connectivity index (χ3n) is 4.08. The van der Waals surface area contributed by atoms with E-state index in [-0.39, 0.29) is 5.25 Å². The van der Waals surface area contributed by atoms with E-state index in [1.807, 2.05) is 0 Å². The molecule has 0 aromatic rings. The van der Waals surface area contributed by atoms with Gasteiger partial charge in [-0.15, -0.1) is 0 Å². The van der Waals surface area contributed by atoms with E-state index < -0.39 is 10.0 Å². The second-order valence-electron chi connectivity index (χ2n) is 5.53. The van der Waals surface area contributed by atoms with Crippen molar-refractivity contribution in [2.75, 3.05) is 26.2 Å². The predicted molar refractivity (Wildman–Crippen MR) is 68.2 cm³/mol. The number of hydrogen-bond acceptors (Lipinski definition) is 4. The fraction of sp³-hybridized carbons (Fsp3) is 1.00. The zero-order valence-corrected chi connectivity index (χ0v) is 11.5.